The molecule has 2 atom stereocenters. The van der Waals surface area contributed by atoms with E-state index in [0.717, 1.165) is 45.1 Å². The molecule has 2 fully saturated rings. The van der Waals surface area contributed by atoms with Crippen LogP contribution in [0.15, 0.2) is 24.4 Å². The van der Waals surface area contributed by atoms with Gasteiger partial charge in [0.25, 0.3) is 0 Å². The van der Waals surface area contributed by atoms with E-state index in [2.05, 4.69) is 9.88 Å². The Morgan fingerprint density at radius 1 is 1.25 bits per heavy atom. The average Bonchev–Trinajstić information content (AvgIpc) is 3.04. The number of morpholine rings is 1. The van der Waals surface area contributed by atoms with Crippen molar-refractivity contribution in [3.05, 3.63) is 30.1 Å². The zero-order chi connectivity index (χ0) is 16.8. The van der Waals surface area contributed by atoms with Gasteiger partial charge in [-0.1, -0.05) is 6.07 Å². The van der Waals surface area contributed by atoms with Crippen molar-refractivity contribution in [2.24, 2.45) is 11.8 Å². The Labute approximate surface area is 143 Å². The van der Waals surface area contributed by atoms with Crippen molar-refractivity contribution in [2.75, 3.05) is 52.5 Å². The molecule has 132 valence electrons. The second kappa shape index (κ2) is 8.55. The predicted molar refractivity (Wildman–Crippen MR) is 90.5 cm³/mol. The minimum atomic E-state index is 0.152. The minimum Gasteiger partial charge on any atom is -0.396 e. The number of aryl methyl sites for hydroxylation is 1. The normalized spacial score (nSPS) is 25.1. The molecule has 0 unspecified atom stereocenters. The number of likely N-dealkylation sites (tertiary alicyclic amines) is 1. The Kier molecular flexibility index (Phi) is 6.18. The van der Waals surface area contributed by atoms with Gasteiger partial charge in [-0.2, -0.15) is 0 Å². The molecule has 0 aliphatic carbocycles. The molecule has 24 heavy (non-hydrogen) atoms. The van der Waals surface area contributed by atoms with Gasteiger partial charge in [-0.15, -0.1) is 0 Å². The molecule has 1 amide bonds. The van der Waals surface area contributed by atoms with Crippen LogP contribution in [0, 0.1) is 11.8 Å². The van der Waals surface area contributed by atoms with Crippen LogP contribution >= 0.6 is 0 Å². The molecule has 1 aromatic heterocycles. The van der Waals surface area contributed by atoms with Crippen molar-refractivity contribution in [3.8, 4) is 0 Å². The van der Waals surface area contributed by atoms with Crippen molar-refractivity contribution >= 4 is 5.91 Å². The number of aliphatic hydroxyl groups is 1. The Hall–Kier alpha value is -1.50. The second-order valence-corrected chi connectivity index (χ2v) is 6.74. The molecular weight excluding hydrogens is 306 g/mol. The number of pyridine rings is 1. The van der Waals surface area contributed by atoms with Gasteiger partial charge in [0, 0.05) is 63.6 Å². The Morgan fingerprint density at radius 2 is 2.04 bits per heavy atom. The highest BCUT2D eigenvalue weighted by Gasteiger charge is 2.35. The number of hydrogen-bond acceptors (Lipinski definition) is 5. The van der Waals surface area contributed by atoms with Gasteiger partial charge in [0.1, 0.15) is 0 Å². The molecule has 2 saturated heterocycles. The van der Waals surface area contributed by atoms with Crippen LogP contribution in [0.2, 0.25) is 0 Å². The predicted octanol–water partition coefficient (Wildman–Crippen LogP) is 0.413. The second-order valence-electron chi connectivity index (χ2n) is 6.74. The van der Waals surface area contributed by atoms with Gasteiger partial charge >= 0.3 is 0 Å². The van der Waals surface area contributed by atoms with Gasteiger partial charge < -0.3 is 14.7 Å². The van der Waals surface area contributed by atoms with Gasteiger partial charge in [-0.3, -0.25) is 14.7 Å². The Bertz CT molecular complexity index is 520. The zero-order valence-electron chi connectivity index (χ0n) is 14.1. The van der Waals surface area contributed by atoms with E-state index in [0.29, 0.717) is 25.3 Å². The fraction of sp³-hybridized carbons (Fsp3) is 0.667. The molecule has 3 heterocycles. The number of carbonyl (C=O) groups excluding carboxylic acids is 1. The topological polar surface area (TPSA) is 65.9 Å². The molecule has 0 aromatic carbocycles. The van der Waals surface area contributed by atoms with E-state index in [1.807, 2.05) is 23.1 Å². The van der Waals surface area contributed by atoms with Gasteiger partial charge in [-0.05, 0) is 24.5 Å². The number of amides is 1. The number of aromatic nitrogens is 1. The average molecular weight is 333 g/mol. The van der Waals surface area contributed by atoms with Crippen LogP contribution in [-0.4, -0.2) is 78.3 Å². The van der Waals surface area contributed by atoms with Gasteiger partial charge in [0.2, 0.25) is 5.91 Å². The first kappa shape index (κ1) is 17.3. The number of rotatable bonds is 6. The molecule has 6 nitrogen and oxygen atoms in total. The minimum absolute atomic E-state index is 0.152. The monoisotopic (exact) mass is 333 g/mol. The summed E-state index contributed by atoms with van der Waals surface area (Å²) < 4.78 is 5.39. The highest BCUT2D eigenvalue weighted by atomic mass is 16.5. The highest BCUT2D eigenvalue weighted by molar-refractivity contribution is 5.76. The molecule has 0 bridgehead atoms. The van der Waals surface area contributed by atoms with Gasteiger partial charge in [0.15, 0.2) is 0 Å². The summed E-state index contributed by atoms with van der Waals surface area (Å²) in [4.78, 5) is 21.1. The lowest BCUT2D eigenvalue weighted by atomic mass is 9.96. The van der Waals surface area contributed by atoms with Crippen molar-refractivity contribution in [3.63, 3.8) is 0 Å². The van der Waals surface area contributed by atoms with Crippen LogP contribution in [0.5, 0.6) is 0 Å². The summed E-state index contributed by atoms with van der Waals surface area (Å²) in [7, 11) is 0. The summed E-state index contributed by atoms with van der Waals surface area (Å²) in [6.07, 6.45) is 2.92. The molecule has 2 aliphatic rings. The van der Waals surface area contributed by atoms with Crippen molar-refractivity contribution in [2.45, 2.75) is 12.8 Å². The molecule has 3 rings (SSSR count). The van der Waals surface area contributed by atoms with Crippen LogP contribution in [0.4, 0.5) is 0 Å². The van der Waals surface area contributed by atoms with Gasteiger partial charge in [0.05, 0.1) is 13.2 Å². The number of carbonyl (C=O) groups is 1. The third kappa shape index (κ3) is 4.53. The molecule has 0 radical (unpaired) electrons. The first-order valence-corrected chi connectivity index (χ1v) is 8.85. The van der Waals surface area contributed by atoms with E-state index < -0.39 is 0 Å². The lowest BCUT2D eigenvalue weighted by molar-refractivity contribution is -0.130. The summed E-state index contributed by atoms with van der Waals surface area (Å²) in [5, 5.41) is 9.68. The molecular formula is C18H27N3O3. The first-order valence-electron chi connectivity index (χ1n) is 8.85. The number of hydrogen-bond donors (Lipinski definition) is 1. The smallest absolute Gasteiger partial charge is 0.222 e. The van der Waals surface area contributed by atoms with E-state index in [1.54, 1.807) is 6.20 Å². The Morgan fingerprint density at radius 3 is 2.75 bits per heavy atom. The summed E-state index contributed by atoms with van der Waals surface area (Å²) in [6.45, 7) is 5.98. The molecule has 1 N–H and O–H groups in total. The largest absolute Gasteiger partial charge is 0.396 e. The fourth-order valence-electron chi connectivity index (χ4n) is 3.61. The summed E-state index contributed by atoms with van der Waals surface area (Å²) in [6, 6.07) is 5.78. The lowest BCUT2D eigenvalue weighted by Crippen LogP contribution is -2.41. The Balaban J connectivity index is 1.50. The van der Waals surface area contributed by atoms with Crippen LogP contribution in [0.25, 0.3) is 0 Å². The third-order valence-corrected chi connectivity index (χ3v) is 5.08. The van der Waals surface area contributed by atoms with Crippen LogP contribution in [0.3, 0.4) is 0 Å². The van der Waals surface area contributed by atoms with E-state index in [1.165, 1.54) is 0 Å². The lowest BCUT2D eigenvalue weighted by Gasteiger charge is -2.30. The van der Waals surface area contributed by atoms with Crippen LogP contribution < -0.4 is 0 Å². The summed E-state index contributed by atoms with van der Waals surface area (Å²) in [5.41, 5.74) is 0.952. The maximum atomic E-state index is 12.5. The van der Waals surface area contributed by atoms with E-state index >= 15 is 0 Å². The SMILES string of the molecule is O=C(CCc1ccccn1)N1C[C@@H](CN2CCOCC2)[C@@H](CO)C1. The molecule has 0 saturated carbocycles. The fourth-order valence-corrected chi connectivity index (χ4v) is 3.61. The molecule has 2 aliphatic heterocycles. The molecule has 1 aromatic rings. The number of nitrogens with zero attached hydrogens (tertiary/aromatic N) is 3. The summed E-state index contributed by atoms with van der Waals surface area (Å²) in [5.74, 6) is 0.710. The zero-order valence-corrected chi connectivity index (χ0v) is 14.1. The molecule has 6 heteroatoms. The van der Waals surface area contributed by atoms with Crippen molar-refractivity contribution in [1.29, 1.82) is 0 Å². The van der Waals surface area contributed by atoms with E-state index in [-0.39, 0.29) is 18.4 Å². The first-order chi connectivity index (χ1) is 11.8. The van der Waals surface area contributed by atoms with Crippen molar-refractivity contribution < 1.29 is 14.6 Å². The molecule has 0 spiro atoms. The van der Waals surface area contributed by atoms with Crippen molar-refractivity contribution in [1.82, 2.24) is 14.8 Å². The van der Waals surface area contributed by atoms with Crippen LogP contribution in [0.1, 0.15) is 12.1 Å². The summed E-state index contributed by atoms with van der Waals surface area (Å²) >= 11 is 0. The van der Waals surface area contributed by atoms with Gasteiger partial charge in [-0.25, -0.2) is 0 Å². The quantitative estimate of drug-likeness (QED) is 0.817. The van der Waals surface area contributed by atoms with E-state index in [9.17, 15) is 9.90 Å². The number of aliphatic hydroxyl groups excluding tert-OH is 1. The number of ether oxygens (including phenoxy) is 1. The van der Waals surface area contributed by atoms with E-state index in [4.69, 9.17) is 4.74 Å². The standard InChI is InChI=1S/C18H27N3O3/c22-14-16-13-21(12-15(16)11-20-7-9-24-10-8-20)18(23)5-4-17-3-1-2-6-19-17/h1-3,6,15-16,22H,4-5,7-14H2/t15-,16-/m1/s1. The maximum absolute atomic E-state index is 12.5. The third-order valence-electron chi connectivity index (χ3n) is 5.08. The van der Waals surface area contributed by atoms with Crippen LogP contribution in [-0.2, 0) is 16.0 Å². The highest BCUT2D eigenvalue weighted by Crippen LogP contribution is 2.25. The maximum Gasteiger partial charge on any atom is 0.222 e.